The second-order valence-corrected chi connectivity index (χ2v) is 7.68. The summed E-state index contributed by atoms with van der Waals surface area (Å²) in [5.41, 5.74) is 2.35. The summed E-state index contributed by atoms with van der Waals surface area (Å²) in [6, 6.07) is 18.0. The summed E-state index contributed by atoms with van der Waals surface area (Å²) < 4.78 is 0. The van der Waals surface area contributed by atoms with Crippen LogP contribution in [0.15, 0.2) is 54.6 Å². The number of urea groups is 1. The highest BCUT2D eigenvalue weighted by Crippen LogP contribution is 2.24. The number of amides is 2. The van der Waals surface area contributed by atoms with Gasteiger partial charge in [-0.3, -0.25) is 0 Å². The van der Waals surface area contributed by atoms with Gasteiger partial charge in [-0.2, -0.15) is 0 Å². The van der Waals surface area contributed by atoms with Gasteiger partial charge >= 0.3 is 6.03 Å². The van der Waals surface area contributed by atoms with Gasteiger partial charge in [0.05, 0.1) is 5.60 Å². The molecule has 0 saturated carbocycles. The van der Waals surface area contributed by atoms with Crippen LogP contribution in [-0.4, -0.2) is 60.3 Å². The van der Waals surface area contributed by atoms with Crippen LogP contribution >= 0.6 is 0 Å². The van der Waals surface area contributed by atoms with E-state index in [-0.39, 0.29) is 6.03 Å². The summed E-state index contributed by atoms with van der Waals surface area (Å²) in [4.78, 5) is 16.4. The number of carbonyl (C=O) groups excluding carboxylic acids is 1. The summed E-state index contributed by atoms with van der Waals surface area (Å²) in [6.07, 6.45) is 2.14. The van der Waals surface area contributed by atoms with E-state index in [1.54, 1.807) is 4.90 Å². The molecule has 2 aromatic carbocycles. The molecule has 0 unspecified atom stereocenters. The van der Waals surface area contributed by atoms with Crippen molar-refractivity contribution in [2.45, 2.75) is 24.9 Å². The molecular formula is C22H29N3O2. The Bertz CT molecular complexity index is 746. The number of carbonyl (C=O) groups is 1. The van der Waals surface area contributed by atoms with Gasteiger partial charge in [-0.15, -0.1) is 0 Å². The predicted octanol–water partition coefficient (Wildman–Crippen LogP) is 3.66. The predicted molar refractivity (Wildman–Crippen MR) is 110 cm³/mol. The van der Waals surface area contributed by atoms with Crippen molar-refractivity contribution in [3.63, 3.8) is 0 Å². The van der Waals surface area contributed by atoms with Gasteiger partial charge in [0.25, 0.3) is 0 Å². The average molecular weight is 367 g/mol. The lowest BCUT2D eigenvalue weighted by Gasteiger charge is -2.29. The van der Waals surface area contributed by atoms with Crippen molar-refractivity contribution >= 4 is 11.7 Å². The van der Waals surface area contributed by atoms with Crippen LogP contribution in [0.2, 0.25) is 0 Å². The zero-order valence-electron chi connectivity index (χ0n) is 16.2. The zero-order chi connectivity index (χ0) is 19.3. The summed E-state index contributed by atoms with van der Waals surface area (Å²) in [5, 5.41) is 13.7. The number of aliphatic hydroxyl groups is 1. The Labute approximate surface area is 161 Å². The lowest BCUT2D eigenvalue weighted by atomic mass is 9.94. The minimum absolute atomic E-state index is 0.100. The molecule has 144 valence electrons. The molecular weight excluding hydrogens is 338 g/mol. The Morgan fingerprint density at radius 2 is 1.70 bits per heavy atom. The highest BCUT2D eigenvalue weighted by Gasteiger charge is 2.31. The summed E-state index contributed by atoms with van der Waals surface area (Å²) in [6.45, 7) is 1.87. The number of rotatable bonds is 4. The van der Waals surface area contributed by atoms with Crippen LogP contribution in [0.5, 0.6) is 0 Å². The van der Waals surface area contributed by atoms with E-state index in [2.05, 4.69) is 17.4 Å². The molecule has 5 heteroatoms. The van der Waals surface area contributed by atoms with Crippen molar-refractivity contribution in [3.8, 4) is 11.1 Å². The lowest BCUT2D eigenvalue weighted by molar-refractivity contribution is 0.00361. The molecule has 0 aliphatic carbocycles. The summed E-state index contributed by atoms with van der Waals surface area (Å²) >= 11 is 0. The van der Waals surface area contributed by atoms with E-state index in [4.69, 9.17) is 0 Å². The Morgan fingerprint density at radius 1 is 1.04 bits per heavy atom. The van der Waals surface area contributed by atoms with Gasteiger partial charge < -0.3 is 20.2 Å². The van der Waals surface area contributed by atoms with E-state index in [0.29, 0.717) is 26.1 Å². The Morgan fingerprint density at radius 3 is 2.37 bits per heavy atom. The number of anilines is 1. The highest BCUT2D eigenvalue weighted by atomic mass is 16.3. The number of nitrogens with one attached hydrogen (secondary N) is 1. The van der Waals surface area contributed by atoms with Crippen molar-refractivity contribution in [1.82, 2.24) is 9.80 Å². The Kier molecular flexibility index (Phi) is 6.14. The van der Waals surface area contributed by atoms with Crippen LogP contribution < -0.4 is 5.32 Å². The van der Waals surface area contributed by atoms with Gasteiger partial charge in [-0.1, -0.05) is 42.5 Å². The van der Waals surface area contributed by atoms with E-state index in [1.807, 2.05) is 61.5 Å². The summed E-state index contributed by atoms with van der Waals surface area (Å²) in [5.74, 6) is 0. The van der Waals surface area contributed by atoms with Crippen LogP contribution in [0.4, 0.5) is 10.5 Å². The smallest absolute Gasteiger partial charge is 0.321 e. The number of benzene rings is 2. The first-order valence-electron chi connectivity index (χ1n) is 9.54. The van der Waals surface area contributed by atoms with Gasteiger partial charge in [0.1, 0.15) is 0 Å². The first kappa shape index (κ1) is 19.4. The first-order valence-corrected chi connectivity index (χ1v) is 9.54. The molecule has 1 aliphatic heterocycles. The SMILES string of the molecule is CN(C)C[C@@]1(O)CCCN(C(=O)Nc2ccc(-c3ccccc3)cc2)CC1. The molecule has 2 N–H and O–H groups in total. The van der Waals surface area contributed by atoms with Crippen LogP contribution in [-0.2, 0) is 0 Å². The van der Waals surface area contributed by atoms with E-state index < -0.39 is 5.60 Å². The van der Waals surface area contributed by atoms with Gasteiger partial charge in [0, 0.05) is 25.3 Å². The minimum Gasteiger partial charge on any atom is -0.388 e. The van der Waals surface area contributed by atoms with Crippen LogP contribution in [0.1, 0.15) is 19.3 Å². The maximum atomic E-state index is 12.6. The maximum Gasteiger partial charge on any atom is 0.321 e. The summed E-state index contributed by atoms with van der Waals surface area (Å²) in [7, 11) is 3.93. The third kappa shape index (κ3) is 5.31. The highest BCUT2D eigenvalue weighted by molar-refractivity contribution is 5.89. The monoisotopic (exact) mass is 367 g/mol. The van der Waals surface area contributed by atoms with Crippen LogP contribution in [0.25, 0.3) is 11.1 Å². The second-order valence-electron chi connectivity index (χ2n) is 7.68. The molecule has 0 aromatic heterocycles. The van der Waals surface area contributed by atoms with Crippen LogP contribution in [0.3, 0.4) is 0 Å². The topological polar surface area (TPSA) is 55.8 Å². The van der Waals surface area contributed by atoms with Gasteiger partial charge in [0.15, 0.2) is 0 Å². The molecule has 1 heterocycles. The fourth-order valence-electron chi connectivity index (χ4n) is 3.71. The largest absolute Gasteiger partial charge is 0.388 e. The molecule has 3 rings (SSSR count). The number of hydrogen-bond acceptors (Lipinski definition) is 3. The number of hydrogen-bond donors (Lipinski definition) is 2. The molecule has 2 amide bonds. The normalized spacial score (nSPS) is 20.4. The Hall–Kier alpha value is -2.37. The van der Waals surface area contributed by atoms with Crippen molar-refractivity contribution in [2.75, 3.05) is 39.0 Å². The van der Waals surface area contributed by atoms with Gasteiger partial charge in [-0.05, 0) is 56.6 Å². The fourth-order valence-corrected chi connectivity index (χ4v) is 3.71. The van der Waals surface area contributed by atoms with E-state index in [9.17, 15) is 9.90 Å². The molecule has 1 fully saturated rings. The van der Waals surface area contributed by atoms with Crippen molar-refractivity contribution in [1.29, 1.82) is 0 Å². The molecule has 5 nitrogen and oxygen atoms in total. The molecule has 0 radical (unpaired) electrons. The third-order valence-electron chi connectivity index (χ3n) is 5.06. The van der Waals surface area contributed by atoms with Crippen molar-refractivity contribution in [2.24, 2.45) is 0 Å². The minimum atomic E-state index is -0.712. The molecule has 0 spiro atoms. The first-order chi connectivity index (χ1) is 13.0. The van der Waals surface area contributed by atoms with Gasteiger partial charge in [0.2, 0.25) is 0 Å². The molecule has 1 saturated heterocycles. The fraction of sp³-hybridized carbons (Fsp3) is 0.409. The molecule has 27 heavy (non-hydrogen) atoms. The number of likely N-dealkylation sites (tertiary alicyclic amines) is 1. The zero-order valence-corrected chi connectivity index (χ0v) is 16.2. The third-order valence-corrected chi connectivity index (χ3v) is 5.06. The number of nitrogens with zero attached hydrogens (tertiary/aromatic N) is 2. The molecule has 1 aliphatic rings. The second kappa shape index (κ2) is 8.55. The molecule has 1 atom stereocenters. The van der Waals surface area contributed by atoms with E-state index in [0.717, 1.165) is 29.7 Å². The quantitative estimate of drug-likeness (QED) is 0.867. The van der Waals surface area contributed by atoms with E-state index in [1.165, 1.54) is 0 Å². The number of likely N-dealkylation sites (N-methyl/N-ethyl adjacent to an activating group) is 1. The maximum absolute atomic E-state index is 12.6. The standard InChI is InChI=1S/C22H29N3O2/c1-24(2)17-22(27)13-6-15-25(16-14-22)21(26)23-20-11-9-19(10-12-20)18-7-4-3-5-8-18/h3-5,7-12,27H,6,13-17H2,1-2H3,(H,23,26)/t22-/m1/s1. The lowest BCUT2D eigenvalue weighted by Crippen LogP contribution is -2.42. The van der Waals surface area contributed by atoms with Crippen molar-refractivity contribution in [3.05, 3.63) is 54.6 Å². The van der Waals surface area contributed by atoms with Crippen molar-refractivity contribution < 1.29 is 9.90 Å². The van der Waals surface area contributed by atoms with Gasteiger partial charge in [-0.25, -0.2) is 4.79 Å². The average Bonchev–Trinajstić information content (AvgIpc) is 2.84. The molecule has 0 bridgehead atoms. The van der Waals surface area contributed by atoms with E-state index >= 15 is 0 Å². The van der Waals surface area contributed by atoms with Crippen LogP contribution in [0, 0.1) is 0 Å². The molecule has 2 aromatic rings. The Balaban J connectivity index is 1.59.